The molecule has 1 atom stereocenters. The first kappa shape index (κ1) is 64.0. The highest BCUT2D eigenvalue weighted by Gasteiger charge is 2.17. The van der Waals surface area contributed by atoms with Crippen LogP contribution >= 0.6 is 0 Å². The first-order chi connectivity index (χ1) is 33.6. The van der Waals surface area contributed by atoms with Crippen molar-refractivity contribution in [2.75, 3.05) is 19.8 Å². The largest absolute Gasteiger partial charge is 0.462 e. The van der Waals surface area contributed by atoms with Gasteiger partial charge in [0.2, 0.25) is 0 Å². The molecule has 384 valence electrons. The third kappa shape index (κ3) is 54.6. The SMILES string of the molecule is CC/C=C\C/C=C\C/C=C\C/C=C\C/C=C\C/C=C\CCC(=O)OCC(COCCCCCCCCCCCC/C=C\C/C=C\CCCCC)OC(=O)CCCCC/C=C\C/C=C\C/C=C\CC. The van der Waals surface area contributed by atoms with Crippen molar-refractivity contribution < 1.29 is 23.8 Å². The van der Waals surface area contributed by atoms with E-state index >= 15 is 0 Å². The maximum Gasteiger partial charge on any atom is 0.306 e. The van der Waals surface area contributed by atoms with Crippen molar-refractivity contribution in [2.24, 2.45) is 0 Å². The van der Waals surface area contributed by atoms with Gasteiger partial charge in [0.1, 0.15) is 6.61 Å². The fourth-order valence-corrected chi connectivity index (χ4v) is 7.11. The van der Waals surface area contributed by atoms with Crippen molar-refractivity contribution in [1.82, 2.24) is 0 Å². The Hall–Kier alpha value is -3.96. The maximum absolute atomic E-state index is 12.8. The third-order valence-electron chi connectivity index (χ3n) is 11.2. The van der Waals surface area contributed by atoms with Gasteiger partial charge in [0.15, 0.2) is 6.10 Å². The van der Waals surface area contributed by atoms with Gasteiger partial charge < -0.3 is 14.2 Å². The molecule has 0 aliphatic heterocycles. The van der Waals surface area contributed by atoms with Crippen molar-refractivity contribution in [3.05, 3.63) is 134 Å². The molecule has 0 N–H and O–H groups in total. The summed E-state index contributed by atoms with van der Waals surface area (Å²) >= 11 is 0. The average Bonchev–Trinajstić information content (AvgIpc) is 3.34. The van der Waals surface area contributed by atoms with Crippen molar-refractivity contribution in [3.63, 3.8) is 0 Å². The van der Waals surface area contributed by atoms with Crippen LogP contribution in [0.25, 0.3) is 0 Å². The second kappa shape index (κ2) is 57.4. The molecule has 0 radical (unpaired) electrons. The lowest BCUT2D eigenvalue weighted by molar-refractivity contribution is -0.162. The molecule has 0 spiro atoms. The molecule has 0 aromatic rings. The lowest BCUT2D eigenvalue weighted by Crippen LogP contribution is -2.30. The Morgan fingerprint density at radius 1 is 0.338 bits per heavy atom. The van der Waals surface area contributed by atoms with E-state index in [1.165, 1.54) is 83.5 Å². The van der Waals surface area contributed by atoms with E-state index < -0.39 is 6.10 Å². The highest BCUT2D eigenvalue weighted by atomic mass is 16.6. The van der Waals surface area contributed by atoms with Gasteiger partial charge >= 0.3 is 11.9 Å². The number of unbranched alkanes of at least 4 members (excludes halogenated alkanes) is 16. The van der Waals surface area contributed by atoms with Crippen LogP contribution < -0.4 is 0 Å². The maximum atomic E-state index is 12.8. The van der Waals surface area contributed by atoms with Crippen LogP contribution in [-0.4, -0.2) is 37.9 Å². The van der Waals surface area contributed by atoms with Gasteiger partial charge in [-0.2, -0.15) is 0 Å². The number of hydrogen-bond donors (Lipinski definition) is 0. The molecule has 0 bridgehead atoms. The van der Waals surface area contributed by atoms with Crippen LogP contribution in [0.2, 0.25) is 0 Å². The van der Waals surface area contributed by atoms with Gasteiger partial charge in [-0.15, -0.1) is 0 Å². The monoisotopic (exact) mass is 939 g/mol. The predicted octanol–water partition coefficient (Wildman–Crippen LogP) is 19.1. The van der Waals surface area contributed by atoms with Crippen LogP contribution in [-0.2, 0) is 23.8 Å². The molecule has 0 heterocycles. The second-order valence-corrected chi connectivity index (χ2v) is 17.7. The zero-order valence-corrected chi connectivity index (χ0v) is 44.1. The molecule has 0 aliphatic carbocycles. The Bertz CT molecular complexity index is 1430. The first-order valence-electron chi connectivity index (χ1n) is 27.7. The lowest BCUT2D eigenvalue weighted by Gasteiger charge is -2.18. The normalized spacial score (nSPS) is 13.3. The molecule has 0 fully saturated rings. The molecule has 0 saturated carbocycles. The second-order valence-electron chi connectivity index (χ2n) is 17.7. The van der Waals surface area contributed by atoms with E-state index in [1.54, 1.807) is 0 Å². The van der Waals surface area contributed by atoms with Gasteiger partial charge in [-0.05, 0) is 122 Å². The number of esters is 2. The number of carbonyl (C=O) groups is 2. The fourth-order valence-electron chi connectivity index (χ4n) is 7.11. The molecular weight excluding hydrogens is 837 g/mol. The summed E-state index contributed by atoms with van der Waals surface area (Å²) in [5.74, 6) is -0.537. The highest BCUT2D eigenvalue weighted by Crippen LogP contribution is 2.13. The van der Waals surface area contributed by atoms with Gasteiger partial charge in [0.05, 0.1) is 6.61 Å². The van der Waals surface area contributed by atoms with Crippen LogP contribution in [0.4, 0.5) is 0 Å². The number of allylic oxidation sites excluding steroid dienone is 22. The smallest absolute Gasteiger partial charge is 0.306 e. The minimum absolute atomic E-state index is 0.0238. The summed E-state index contributed by atoms with van der Waals surface area (Å²) in [6.07, 6.45) is 82.0. The van der Waals surface area contributed by atoms with Crippen LogP contribution in [0, 0.1) is 0 Å². The quantitative estimate of drug-likeness (QED) is 0.0345. The summed E-state index contributed by atoms with van der Waals surface area (Å²) in [6.45, 7) is 7.45. The summed E-state index contributed by atoms with van der Waals surface area (Å²) in [5, 5.41) is 0. The topological polar surface area (TPSA) is 61.8 Å². The van der Waals surface area contributed by atoms with Crippen LogP contribution in [0.15, 0.2) is 134 Å². The molecule has 0 aliphatic rings. The van der Waals surface area contributed by atoms with E-state index in [4.69, 9.17) is 14.2 Å². The lowest BCUT2D eigenvalue weighted by atomic mass is 10.1. The summed E-state index contributed by atoms with van der Waals surface area (Å²) in [5.41, 5.74) is 0. The molecule has 0 aromatic heterocycles. The van der Waals surface area contributed by atoms with Crippen molar-refractivity contribution >= 4 is 11.9 Å². The molecule has 5 heteroatoms. The number of hydrogen-bond acceptors (Lipinski definition) is 5. The van der Waals surface area contributed by atoms with Crippen molar-refractivity contribution in [3.8, 4) is 0 Å². The average molecular weight is 940 g/mol. The Balaban J connectivity index is 4.41. The minimum Gasteiger partial charge on any atom is -0.462 e. The summed E-state index contributed by atoms with van der Waals surface area (Å²) in [7, 11) is 0. The highest BCUT2D eigenvalue weighted by molar-refractivity contribution is 5.70. The van der Waals surface area contributed by atoms with Crippen LogP contribution in [0.5, 0.6) is 0 Å². The third-order valence-corrected chi connectivity index (χ3v) is 11.2. The first-order valence-corrected chi connectivity index (χ1v) is 27.7. The minimum atomic E-state index is -0.593. The van der Waals surface area contributed by atoms with E-state index in [9.17, 15) is 9.59 Å². The van der Waals surface area contributed by atoms with E-state index in [0.717, 1.165) is 103 Å². The van der Waals surface area contributed by atoms with Gasteiger partial charge in [-0.25, -0.2) is 0 Å². The van der Waals surface area contributed by atoms with Gasteiger partial charge in [0, 0.05) is 19.4 Å². The Morgan fingerprint density at radius 2 is 0.691 bits per heavy atom. The van der Waals surface area contributed by atoms with E-state index in [-0.39, 0.29) is 25.2 Å². The molecular formula is C63H102O5. The Labute approximate surface area is 419 Å². The van der Waals surface area contributed by atoms with E-state index in [2.05, 4.69) is 148 Å². The molecule has 0 aromatic carbocycles. The van der Waals surface area contributed by atoms with Crippen LogP contribution in [0.1, 0.15) is 226 Å². The predicted molar refractivity (Wildman–Crippen MR) is 297 cm³/mol. The fraction of sp³-hybridized carbons (Fsp3) is 0.619. The van der Waals surface area contributed by atoms with Crippen molar-refractivity contribution in [2.45, 2.75) is 232 Å². The van der Waals surface area contributed by atoms with Crippen LogP contribution in [0.3, 0.4) is 0 Å². The molecule has 0 saturated heterocycles. The Morgan fingerprint density at radius 3 is 1.12 bits per heavy atom. The van der Waals surface area contributed by atoms with E-state index in [0.29, 0.717) is 25.9 Å². The van der Waals surface area contributed by atoms with Gasteiger partial charge in [-0.1, -0.05) is 225 Å². The molecule has 5 nitrogen and oxygen atoms in total. The molecule has 0 amide bonds. The Kier molecular flexibility index (Phi) is 54.0. The van der Waals surface area contributed by atoms with Gasteiger partial charge in [-0.3, -0.25) is 9.59 Å². The number of carbonyl (C=O) groups excluding carboxylic acids is 2. The zero-order chi connectivity index (χ0) is 49.2. The molecule has 1 unspecified atom stereocenters. The van der Waals surface area contributed by atoms with Gasteiger partial charge in [0.25, 0.3) is 0 Å². The summed E-state index contributed by atoms with van der Waals surface area (Å²) < 4.78 is 17.3. The standard InChI is InChI=1S/C63H102O5/c1-4-7-10-13-16-19-22-25-27-29-31-33-35-37-40-43-46-49-52-55-58-66-59-61(68-63(65)57-54-51-48-45-42-38-24-21-18-15-12-9-6-3)60-67-62(64)56-53-50-47-44-41-39-36-34-32-30-28-26-23-20-17-14-11-8-5-2/h8-9,11-12,16-21,25-28,32,34,38-39,41-42,47,50,61H,4-7,10,13-15,22-24,29-31,33,35-37,40,43-46,48-49,51-60H2,1-3H3/b11-8-,12-9-,19-16-,20-17-,21-18-,27-25-,28-26-,34-32-,41-39-,42-38-,50-47-. The number of rotatable bonds is 49. The number of ether oxygens (including phenoxy) is 3. The zero-order valence-electron chi connectivity index (χ0n) is 44.1. The van der Waals surface area contributed by atoms with E-state index in [1.807, 2.05) is 6.08 Å². The summed E-state index contributed by atoms with van der Waals surface area (Å²) in [4.78, 5) is 25.4. The summed E-state index contributed by atoms with van der Waals surface area (Å²) in [6, 6.07) is 0. The molecule has 68 heavy (non-hydrogen) atoms. The molecule has 0 rings (SSSR count). The van der Waals surface area contributed by atoms with Crippen molar-refractivity contribution in [1.29, 1.82) is 0 Å².